The number of carbonyl (C=O) groups excluding carboxylic acids is 1. The highest BCUT2D eigenvalue weighted by Gasteiger charge is 2.48. The minimum absolute atomic E-state index is 0.312. The lowest BCUT2D eigenvalue weighted by Crippen LogP contribution is -2.64. The van der Waals surface area contributed by atoms with Gasteiger partial charge in [-0.05, 0) is 23.2 Å². The van der Waals surface area contributed by atoms with Crippen molar-refractivity contribution in [2.24, 2.45) is 10.2 Å². The van der Waals surface area contributed by atoms with Crippen molar-refractivity contribution in [3.8, 4) is 0 Å². The van der Waals surface area contributed by atoms with Gasteiger partial charge >= 0.3 is 0 Å². The van der Waals surface area contributed by atoms with Crippen molar-refractivity contribution in [3.05, 3.63) is 56.8 Å². The fourth-order valence-corrected chi connectivity index (χ4v) is 3.52. The largest absolute Gasteiger partial charge is 0.354 e. The molecule has 156 valence electrons. The Hall–Kier alpha value is -2.86. The molecule has 1 saturated heterocycles. The zero-order valence-electron chi connectivity index (χ0n) is 15.5. The van der Waals surface area contributed by atoms with Crippen LogP contribution in [0.15, 0.2) is 40.6 Å². The zero-order valence-corrected chi connectivity index (χ0v) is 16.3. The van der Waals surface area contributed by atoms with Gasteiger partial charge in [-0.3, -0.25) is 8.98 Å². The molecule has 1 amide bonds. The van der Waals surface area contributed by atoms with Gasteiger partial charge in [0.05, 0.1) is 31.0 Å². The summed E-state index contributed by atoms with van der Waals surface area (Å²) >= 11 is 0. The van der Waals surface area contributed by atoms with Crippen LogP contribution in [0.25, 0.3) is 20.9 Å². The molecule has 5 atom stereocenters. The summed E-state index contributed by atoms with van der Waals surface area (Å²) in [5.41, 5.74) is 17.9. The van der Waals surface area contributed by atoms with E-state index in [1.807, 2.05) is 0 Å². The normalized spacial score (nSPS) is 26.6. The minimum atomic E-state index is -4.01. The molecule has 1 aliphatic rings. The molecule has 1 fully saturated rings. The summed E-state index contributed by atoms with van der Waals surface area (Å²) in [5, 5.41) is 9.62. The predicted octanol–water partition coefficient (Wildman–Crippen LogP) is 1.49. The van der Waals surface area contributed by atoms with Crippen LogP contribution in [0.4, 0.5) is 0 Å². The van der Waals surface area contributed by atoms with Crippen LogP contribution in [-0.4, -0.2) is 64.8 Å². The molecular formula is C15H19N7O6S. The first kappa shape index (κ1) is 22.4. The number of methoxy groups -OCH3 is 1. The lowest BCUT2D eigenvalue weighted by Gasteiger charge is -2.43. The third-order valence-corrected chi connectivity index (χ3v) is 4.61. The Morgan fingerprint density at radius 3 is 2.52 bits per heavy atom. The first-order valence-electron chi connectivity index (χ1n) is 8.28. The maximum atomic E-state index is 12.6. The number of ether oxygens (including phenoxy) is 2. The van der Waals surface area contributed by atoms with E-state index in [0.717, 1.165) is 6.26 Å². The molecule has 2 rings (SSSR count). The monoisotopic (exact) mass is 425 g/mol. The van der Waals surface area contributed by atoms with Gasteiger partial charge in [0.1, 0.15) is 6.10 Å². The molecule has 0 spiro atoms. The molecule has 0 bridgehead atoms. The fraction of sp³-hybridized carbons (Fsp3) is 0.533. The van der Waals surface area contributed by atoms with Crippen LogP contribution in [0.1, 0.15) is 10.4 Å². The van der Waals surface area contributed by atoms with Gasteiger partial charge in [-0.15, -0.1) is 0 Å². The third kappa shape index (κ3) is 6.06. The van der Waals surface area contributed by atoms with Crippen LogP contribution in [0.3, 0.4) is 0 Å². The Kier molecular flexibility index (Phi) is 7.79. The molecule has 13 nitrogen and oxygen atoms in total. The topological polar surface area (TPSA) is 188 Å². The summed E-state index contributed by atoms with van der Waals surface area (Å²) in [7, 11) is -2.72. The lowest BCUT2D eigenvalue weighted by molar-refractivity contribution is -0.221. The Morgan fingerprint density at radius 2 is 1.97 bits per heavy atom. The van der Waals surface area contributed by atoms with Crippen molar-refractivity contribution in [2.45, 2.75) is 30.6 Å². The molecule has 0 aromatic heterocycles. The number of benzene rings is 1. The summed E-state index contributed by atoms with van der Waals surface area (Å²) in [6.07, 6.45) is -2.79. The van der Waals surface area contributed by atoms with E-state index in [-0.39, 0.29) is 6.54 Å². The van der Waals surface area contributed by atoms with Crippen molar-refractivity contribution in [2.75, 3.05) is 19.9 Å². The van der Waals surface area contributed by atoms with Gasteiger partial charge in [0.2, 0.25) is 0 Å². The van der Waals surface area contributed by atoms with E-state index >= 15 is 0 Å². The Morgan fingerprint density at radius 1 is 1.28 bits per heavy atom. The quantitative estimate of drug-likeness (QED) is 0.284. The SMILES string of the molecule is CO[C@@H]1O[C@H](CN=[N+]=[N-])[C@H](OS(C)(=O)=O)[C@@H](N=[N+]=[N-])[C@@H]1NC(=O)c1ccccc1. The van der Waals surface area contributed by atoms with Gasteiger partial charge in [0.25, 0.3) is 16.0 Å². The van der Waals surface area contributed by atoms with Crippen molar-refractivity contribution < 1.29 is 26.9 Å². The summed E-state index contributed by atoms with van der Waals surface area (Å²) < 4.78 is 39.4. The maximum absolute atomic E-state index is 12.6. The molecule has 14 heteroatoms. The van der Waals surface area contributed by atoms with Crippen molar-refractivity contribution in [1.29, 1.82) is 0 Å². The van der Waals surface area contributed by atoms with Crippen LogP contribution < -0.4 is 5.32 Å². The Bertz CT molecular complexity index is 914. The maximum Gasteiger partial charge on any atom is 0.264 e. The zero-order chi connectivity index (χ0) is 21.4. The highest BCUT2D eigenvalue weighted by molar-refractivity contribution is 7.86. The van der Waals surface area contributed by atoms with Gasteiger partial charge in [-0.1, -0.05) is 28.4 Å². The molecular weight excluding hydrogens is 406 g/mol. The summed E-state index contributed by atoms with van der Waals surface area (Å²) in [4.78, 5) is 17.9. The summed E-state index contributed by atoms with van der Waals surface area (Å²) in [5.74, 6) is -0.522. The fourth-order valence-electron chi connectivity index (χ4n) is 2.88. The standard InChI is InChI=1S/C15H19N7O6S/c1-26-15-12(19-14(23)9-6-4-3-5-7-9)11(20-22-17)13(28-29(2,24)25)10(27-15)8-18-21-16/h3-7,10-13,15H,8H2,1-2H3,(H,19,23)/t10-,11+,12+,13+,15-/m1/s1. The minimum Gasteiger partial charge on any atom is -0.354 e. The van der Waals surface area contributed by atoms with Gasteiger partial charge in [0, 0.05) is 22.5 Å². The average Bonchev–Trinajstić information content (AvgIpc) is 2.69. The van der Waals surface area contributed by atoms with Crippen LogP contribution in [0.5, 0.6) is 0 Å². The van der Waals surface area contributed by atoms with E-state index in [2.05, 4.69) is 25.4 Å². The number of azide groups is 2. The number of hydrogen-bond donors (Lipinski definition) is 1. The second-order valence-electron chi connectivity index (χ2n) is 6.02. The molecule has 0 radical (unpaired) electrons. The van der Waals surface area contributed by atoms with Crippen LogP contribution in [0, 0.1) is 0 Å². The highest BCUT2D eigenvalue weighted by Crippen LogP contribution is 2.28. The van der Waals surface area contributed by atoms with Gasteiger partial charge in [-0.25, -0.2) is 0 Å². The van der Waals surface area contributed by atoms with Gasteiger partial charge in [-0.2, -0.15) is 8.42 Å². The third-order valence-electron chi connectivity index (χ3n) is 4.03. The van der Waals surface area contributed by atoms with Crippen LogP contribution in [-0.2, 0) is 23.8 Å². The Labute approximate surface area is 166 Å². The highest BCUT2D eigenvalue weighted by atomic mass is 32.2. The van der Waals surface area contributed by atoms with E-state index in [0.29, 0.717) is 5.56 Å². The second-order valence-corrected chi connectivity index (χ2v) is 7.62. The molecule has 0 saturated carbocycles. The number of carbonyl (C=O) groups is 1. The van der Waals surface area contributed by atoms with Gasteiger partial charge in [0.15, 0.2) is 6.29 Å². The molecule has 29 heavy (non-hydrogen) atoms. The first-order valence-corrected chi connectivity index (χ1v) is 10.1. The number of nitrogens with one attached hydrogen (secondary N) is 1. The smallest absolute Gasteiger partial charge is 0.264 e. The van der Waals surface area contributed by atoms with Crippen molar-refractivity contribution in [1.82, 2.24) is 5.32 Å². The first-order chi connectivity index (χ1) is 13.8. The molecule has 1 aliphatic heterocycles. The molecule has 0 aliphatic carbocycles. The van der Waals surface area contributed by atoms with Gasteiger partial charge < -0.3 is 14.8 Å². The second kappa shape index (κ2) is 10.1. The average molecular weight is 425 g/mol. The van der Waals surface area contributed by atoms with Crippen molar-refractivity contribution in [3.63, 3.8) is 0 Å². The number of hydrogen-bond acceptors (Lipinski definition) is 8. The van der Waals surface area contributed by atoms with E-state index in [1.54, 1.807) is 30.3 Å². The molecule has 1 N–H and O–H groups in total. The summed E-state index contributed by atoms with van der Waals surface area (Å²) in [6, 6.07) is 5.87. The number of nitrogens with zero attached hydrogens (tertiary/aromatic N) is 6. The number of rotatable bonds is 8. The van der Waals surface area contributed by atoms with E-state index in [9.17, 15) is 13.2 Å². The predicted molar refractivity (Wildman–Crippen MR) is 100 cm³/mol. The van der Waals surface area contributed by atoms with E-state index < -0.39 is 46.6 Å². The number of amides is 1. The Balaban J connectivity index is 2.42. The van der Waals surface area contributed by atoms with Crippen LogP contribution in [0.2, 0.25) is 0 Å². The molecule has 1 aromatic rings. The molecule has 0 unspecified atom stereocenters. The molecule has 1 aromatic carbocycles. The lowest BCUT2D eigenvalue weighted by atomic mass is 9.94. The van der Waals surface area contributed by atoms with E-state index in [1.165, 1.54) is 7.11 Å². The summed E-state index contributed by atoms with van der Waals surface area (Å²) in [6.45, 7) is -0.312. The van der Waals surface area contributed by atoms with E-state index in [4.69, 9.17) is 24.7 Å². The van der Waals surface area contributed by atoms with Crippen LogP contribution >= 0.6 is 0 Å². The van der Waals surface area contributed by atoms with Crippen molar-refractivity contribution >= 4 is 16.0 Å². The molecule has 1 heterocycles.